The summed E-state index contributed by atoms with van der Waals surface area (Å²) in [5, 5.41) is 2.65. The average molecular weight is 553 g/mol. The SMILES string of the molecule is CCOc1ccc(S(=O)(=O)N2Cc3ccccc3CC2C(=O)Nc2cc(C(=O)OC)ccc2C(=O)OC)cc1. The maximum atomic E-state index is 13.8. The van der Waals surface area contributed by atoms with Gasteiger partial charge in [-0.15, -0.1) is 0 Å². The number of ether oxygens (including phenoxy) is 3. The molecule has 1 atom stereocenters. The van der Waals surface area contributed by atoms with Gasteiger partial charge in [-0.25, -0.2) is 18.0 Å². The minimum absolute atomic E-state index is 0.00404. The molecule has 10 nitrogen and oxygen atoms in total. The highest BCUT2D eigenvalue weighted by Gasteiger charge is 2.40. The first kappa shape index (κ1) is 27.8. The van der Waals surface area contributed by atoms with Crippen LogP contribution in [0, 0.1) is 0 Å². The highest BCUT2D eigenvalue weighted by molar-refractivity contribution is 7.89. The average Bonchev–Trinajstić information content (AvgIpc) is 2.96. The summed E-state index contributed by atoms with van der Waals surface area (Å²) in [6.07, 6.45) is 0.0997. The van der Waals surface area contributed by atoms with Crippen LogP contribution >= 0.6 is 0 Å². The second-order valence-corrected chi connectivity index (χ2v) is 10.6. The molecular formula is C28H28N2O8S. The number of nitrogens with zero attached hydrogens (tertiary/aromatic N) is 1. The zero-order chi connectivity index (χ0) is 28.2. The lowest BCUT2D eigenvalue weighted by Crippen LogP contribution is -2.50. The lowest BCUT2D eigenvalue weighted by atomic mass is 9.95. The van der Waals surface area contributed by atoms with Crippen LogP contribution in [0.5, 0.6) is 5.75 Å². The number of methoxy groups -OCH3 is 2. The Hall–Kier alpha value is -4.22. The summed E-state index contributed by atoms with van der Waals surface area (Å²) in [4.78, 5) is 38.2. The summed E-state index contributed by atoms with van der Waals surface area (Å²) in [5.41, 5.74) is 1.68. The zero-order valence-electron chi connectivity index (χ0n) is 21.7. The number of esters is 2. The van der Waals surface area contributed by atoms with Crippen LogP contribution < -0.4 is 10.1 Å². The molecular weight excluding hydrogens is 524 g/mol. The van der Waals surface area contributed by atoms with Gasteiger partial charge < -0.3 is 19.5 Å². The minimum Gasteiger partial charge on any atom is -0.494 e. The summed E-state index contributed by atoms with van der Waals surface area (Å²) < 4.78 is 43.7. The van der Waals surface area contributed by atoms with Gasteiger partial charge in [0.25, 0.3) is 0 Å². The van der Waals surface area contributed by atoms with Gasteiger partial charge in [0.15, 0.2) is 0 Å². The molecule has 0 aromatic heterocycles. The number of hydrogen-bond acceptors (Lipinski definition) is 8. The molecule has 0 saturated heterocycles. The number of amides is 1. The van der Waals surface area contributed by atoms with Crippen LogP contribution in [-0.2, 0) is 37.3 Å². The van der Waals surface area contributed by atoms with Gasteiger partial charge >= 0.3 is 11.9 Å². The van der Waals surface area contributed by atoms with E-state index in [-0.39, 0.29) is 34.7 Å². The fourth-order valence-corrected chi connectivity index (χ4v) is 5.95. The Bertz CT molecular complexity index is 1500. The number of rotatable bonds is 8. The van der Waals surface area contributed by atoms with Gasteiger partial charge in [-0.1, -0.05) is 24.3 Å². The van der Waals surface area contributed by atoms with Crippen molar-refractivity contribution in [3.8, 4) is 5.75 Å². The number of sulfonamides is 1. The Morgan fingerprint density at radius 3 is 2.23 bits per heavy atom. The number of carbonyl (C=O) groups is 3. The van der Waals surface area contributed by atoms with E-state index in [0.29, 0.717) is 12.4 Å². The van der Waals surface area contributed by atoms with Gasteiger partial charge in [0, 0.05) is 6.54 Å². The molecule has 0 saturated carbocycles. The van der Waals surface area contributed by atoms with E-state index in [2.05, 4.69) is 5.32 Å². The van der Waals surface area contributed by atoms with Crippen molar-refractivity contribution in [3.05, 3.63) is 89.0 Å². The molecule has 3 aromatic carbocycles. The molecule has 11 heteroatoms. The van der Waals surface area contributed by atoms with Crippen molar-refractivity contribution < 1.29 is 37.0 Å². The number of anilines is 1. The molecule has 1 amide bonds. The molecule has 0 spiro atoms. The Morgan fingerprint density at radius 2 is 1.59 bits per heavy atom. The Morgan fingerprint density at radius 1 is 0.923 bits per heavy atom. The lowest BCUT2D eigenvalue weighted by molar-refractivity contribution is -0.120. The molecule has 1 aliphatic rings. The van der Waals surface area contributed by atoms with Crippen molar-refractivity contribution in [2.24, 2.45) is 0 Å². The number of nitrogens with one attached hydrogen (secondary N) is 1. The summed E-state index contributed by atoms with van der Waals surface area (Å²) in [6, 6.07) is 16.1. The second kappa shape index (κ2) is 11.7. The van der Waals surface area contributed by atoms with E-state index in [4.69, 9.17) is 14.2 Å². The van der Waals surface area contributed by atoms with Crippen molar-refractivity contribution in [2.75, 3.05) is 26.1 Å². The number of benzene rings is 3. The number of fused-ring (bicyclic) bond motifs is 1. The van der Waals surface area contributed by atoms with E-state index in [1.54, 1.807) is 12.1 Å². The molecule has 0 fully saturated rings. The first-order valence-electron chi connectivity index (χ1n) is 12.1. The second-order valence-electron chi connectivity index (χ2n) is 8.68. The molecule has 4 rings (SSSR count). The molecule has 0 bridgehead atoms. The van der Waals surface area contributed by atoms with Crippen LogP contribution in [0.2, 0.25) is 0 Å². The first-order chi connectivity index (χ1) is 18.7. The fraction of sp³-hybridized carbons (Fsp3) is 0.250. The van der Waals surface area contributed by atoms with E-state index >= 15 is 0 Å². The highest BCUT2D eigenvalue weighted by atomic mass is 32.2. The molecule has 1 N–H and O–H groups in total. The van der Waals surface area contributed by atoms with Crippen molar-refractivity contribution >= 4 is 33.6 Å². The quantitative estimate of drug-likeness (QED) is 0.421. The molecule has 0 aliphatic carbocycles. The molecule has 204 valence electrons. The van der Waals surface area contributed by atoms with E-state index in [0.717, 1.165) is 15.4 Å². The van der Waals surface area contributed by atoms with Gasteiger partial charge in [-0.2, -0.15) is 4.31 Å². The van der Waals surface area contributed by atoms with Crippen LogP contribution in [0.15, 0.2) is 71.6 Å². The first-order valence-corrected chi connectivity index (χ1v) is 13.6. The van der Waals surface area contributed by atoms with Crippen LogP contribution in [0.1, 0.15) is 38.8 Å². The molecule has 0 radical (unpaired) electrons. The van der Waals surface area contributed by atoms with Crippen LogP contribution in [-0.4, -0.2) is 57.4 Å². The van der Waals surface area contributed by atoms with E-state index in [9.17, 15) is 22.8 Å². The van der Waals surface area contributed by atoms with Crippen molar-refractivity contribution in [3.63, 3.8) is 0 Å². The van der Waals surface area contributed by atoms with Crippen molar-refractivity contribution in [1.29, 1.82) is 0 Å². The maximum absolute atomic E-state index is 13.8. The van der Waals surface area contributed by atoms with Gasteiger partial charge in [-0.3, -0.25) is 4.79 Å². The van der Waals surface area contributed by atoms with E-state index < -0.39 is 33.9 Å². The van der Waals surface area contributed by atoms with Crippen molar-refractivity contribution in [1.82, 2.24) is 4.31 Å². The molecule has 1 unspecified atom stereocenters. The standard InChI is InChI=1S/C28H28N2O8S/c1-4-38-21-10-12-22(13-11-21)39(34,35)30-17-20-8-6-5-7-18(20)16-25(30)26(31)29-24-15-19(27(32)36-2)9-14-23(24)28(33)37-3/h5-15,25H,4,16-17H2,1-3H3,(H,29,31). The third kappa shape index (κ3) is 5.79. The van der Waals surface area contributed by atoms with Gasteiger partial charge in [0.1, 0.15) is 11.8 Å². The largest absolute Gasteiger partial charge is 0.494 e. The smallest absolute Gasteiger partial charge is 0.339 e. The normalized spacial score (nSPS) is 15.1. The topological polar surface area (TPSA) is 128 Å². The Kier molecular flexibility index (Phi) is 8.32. The maximum Gasteiger partial charge on any atom is 0.339 e. The van der Waals surface area contributed by atoms with E-state index in [1.165, 1.54) is 44.6 Å². The molecule has 1 heterocycles. The Labute approximate surface area is 226 Å². The summed E-state index contributed by atoms with van der Waals surface area (Å²) in [6.45, 7) is 2.23. The van der Waals surface area contributed by atoms with Crippen molar-refractivity contribution in [2.45, 2.75) is 30.8 Å². The van der Waals surface area contributed by atoms with E-state index in [1.807, 2.05) is 31.2 Å². The van der Waals surface area contributed by atoms with Gasteiger partial charge in [0.05, 0.1) is 42.5 Å². The monoisotopic (exact) mass is 552 g/mol. The minimum atomic E-state index is -4.13. The molecule has 39 heavy (non-hydrogen) atoms. The summed E-state index contributed by atoms with van der Waals surface area (Å²) in [5.74, 6) is -1.57. The third-order valence-corrected chi connectivity index (χ3v) is 8.22. The summed E-state index contributed by atoms with van der Waals surface area (Å²) >= 11 is 0. The summed E-state index contributed by atoms with van der Waals surface area (Å²) in [7, 11) is -1.74. The third-order valence-electron chi connectivity index (χ3n) is 6.35. The number of carbonyl (C=O) groups excluding carboxylic acids is 3. The van der Waals surface area contributed by atoms with Crippen LogP contribution in [0.4, 0.5) is 5.69 Å². The number of hydrogen-bond donors (Lipinski definition) is 1. The predicted molar refractivity (Wildman–Crippen MR) is 142 cm³/mol. The molecule has 1 aliphatic heterocycles. The van der Waals surface area contributed by atoms with Gasteiger partial charge in [0.2, 0.25) is 15.9 Å². The predicted octanol–water partition coefficient (Wildman–Crippen LogP) is 3.41. The highest BCUT2D eigenvalue weighted by Crippen LogP contribution is 2.31. The molecule has 3 aromatic rings. The van der Waals surface area contributed by atoms with Gasteiger partial charge in [-0.05, 0) is 66.9 Å². The Balaban J connectivity index is 1.73. The van der Waals surface area contributed by atoms with Crippen LogP contribution in [0.3, 0.4) is 0 Å². The fourth-order valence-electron chi connectivity index (χ4n) is 4.38. The lowest BCUT2D eigenvalue weighted by Gasteiger charge is -2.35. The van der Waals surface area contributed by atoms with Crippen LogP contribution in [0.25, 0.3) is 0 Å². The zero-order valence-corrected chi connectivity index (χ0v) is 22.5.